The van der Waals surface area contributed by atoms with Crippen LogP contribution in [0.1, 0.15) is 12.6 Å². The number of nitrogens with one attached hydrogen (secondary N) is 2. The van der Waals surface area contributed by atoms with Crippen LogP contribution in [0.2, 0.25) is 0 Å². The largest absolute Gasteiger partial charge is 0.364 e. The molecule has 0 saturated heterocycles. The average molecular weight is 163 g/mol. The number of nitriles is 1. The average Bonchev–Trinajstić information content (AvgIpc) is 2.57. The second kappa shape index (κ2) is 4.58. The van der Waals surface area contributed by atoms with Gasteiger partial charge in [-0.1, -0.05) is 0 Å². The molecule has 1 unspecified atom stereocenters. The summed E-state index contributed by atoms with van der Waals surface area (Å²) < 4.78 is 0. The molecule has 2 N–H and O–H groups in total. The number of rotatable bonds is 4. The first-order chi connectivity index (χ1) is 5.83. The fourth-order valence-electron chi connectivity index (χ4n) is 0.946. The normalized spacial score (nSPS) is 12.3. The lowest BCUT2D eigenvalue weighted by Crippen LogP contribution is -2.19. The van der Waals surface area contributed by atoms with Gasteiger partial charge < -0.3 is 10.3 Å². The summed E-state index contributed by atoms with van der Waals surface area (Å²) in [5.41, 5.74) is 1.15. The summed E-state index contributed by atoms with van der Waals surface area (Å²) in [7, 11) is 0. The van der Waals surface area contributed by atoms with E-state index in [1.54, 1.807) is 0 Å². The fraction of sp³-hybridized carbons (Fsp3) is 0.444. The summed E-state index contributed by atoms with van der Waals surface area (Å²) >= 11 is 0. The van der Waals surface area contributed by atoms with Crippen molar-refractivity contribution < 1.29 is 0 Å². The summed E-state index contributed by atoms with van der Waals surface area (Å²) in [6.45, 7) is 3.45. The van der Waals surface area contributed by atoms with Crippen molar-refractivity contribution in [3.05, 3.63) is 24.0 Å². The number of nitrogens with zero attached hydrogens (tertiary/aromatic N) is 1. The Morgan fingerprint density at radius 1 is 1.75 bits per heavy atom. The predicted molar refractivity (Wildman–Crippen MR) is 47.3 cm³/mol. The Labute approximate surface area is 72.4 Å². The molecule has 0 saturated carbocycles. The van der Waals surface area contributed by atoms with E-state index in [1.807, 2.05) is 25.3 Å². The van der Waals surface area contributed by atoms with E-state index in [4.69, 9.17) is 5.26 Å². The molecule has 1 aromatic heterocycles. The van der Waals surface area contributed by atoms with E-state index in [0.717, 1.165) is 18.8 Å². The zero-order chi connectivity index (χ0) is 8.81. The van der Waals surface area contributed by atoms with Crippen molar-refractivity contribution in [2.75, 3.05) is 6.54 Å². The molecule has 0 aliphatic carbocycles. The van der Waals surface area contributed by atoms with Crippen LogP contribution in [-0.2, 0) is 6.54 Å². The molecular weight excluding hydrogens is 150 g/mol. The summed E-state index contributed by atoms with van der Waals surface area (Å²) in [4.78, 5) is 3.08. The maximum absolute atomic E-state index is 8.49. The van der Waals surface area contributed by atoms with Gasteiger partial charge in [-0.3, -0.25) is 0 Å². The van der Waals surface area contributed by atoms with Gasteiger partial charge in [0.1, 0.15) is 0 Å². The SMILES string of the molecule is CC(C#N)CNCc1ccc[nH]1. The predicted octanol–water partition coefficient (Wildman–Crippen LogP) is 1.26. The highest BCUT2D eigenvalue weighted by Crippen LogP contribution is 1.94. The monoisotopic (exact) mass is 163 g/mol. The molecule has 64 valence electrons. The van der Waals surface area contributed by atoms with Crippen LogP contribution >= 0.6 is 0 Å². The van der Waals surface area contributed by atoms with E-state index in [0.29, 0.717) is 0 Å². The molecular formula is C9H13N3. The van der Waals surface area contributed by atoms with Crippen LogP contribution in [0.5, 0.6) is 0 Å². The van der Waals surface area contributed by atoms with Gasteiger partial charge >= 0.3 is 0 Å². The molecule has 0 amide bonds. The van der Waals surface area contributed by atoms with Gasteiger partial charge in [0.25, 0.3) is 0 Å². The van der Waals surface area contributed by atoms with Crippen molar-refractivity contribution in [1.82, 2.24) is 10.3 Å². The molecule has 3 heteroatoms. The zero-order valence-corrected chi connectivity index (χ0v) is 7.17. The lowest BCUT2D eigenvalue weighted by atomic mass is 10.2. The number of aromatic nitrogens is 1. The Hall–Kier alpha value is -1.27. The Balaban J connectivity index is 2.16. The molecule has 0 spiro atoms. The second-order valence-electron chi connectivity index (χ2n) is 2.86. The molecule has 12 heavy (non-hydrogen) atoms. The van der Waals surface area contributed by atoms with Crippen LogP contribution in [-0.4, -0.2) is 11.5 Å². The Bertz CT molecular complexity index is 245. The van der Waals surface area contributed by atoms with Gasteiger partial charge in [0, 0.05) is 25.0 Å². The fourth-order valence-corrected chi connectivity index (χ4v) is 0.946. The van der Waals surface area contributed by atoms with Crippen molar-refractivity contribution in [3.63, 3.8) is 0 Å². The molecule has 0 aliphatic heterocycles. The highest BCUT2D eigenvalue weighted by atomic mass is 14.9. The summed E-state index contributed by atoms with van der Waals surface area (Å²) in [6.07, 6.45) is 1.89. The summed E-state index contributed by atoms with van der Waals surface area (Å²) in [5, 5.41) is 11.7. The quantitative estimate of drug-likeness (QED) is 0.702. The van der Waals surface area contributed by atoms with Crippen LogP contribution in [0.3, 0.4) is 0 Å². The molecule has 0 radical (unpaired) electrons. The van der Waals surface area contributed by atoms with Gasteiger partial charge in [-0.25, -0.2) is 0 Å². The minimum Gasteiger partial charge on any atom is -0.364 e. The minimum absolute atomic E-state index is 0.0833. The van der Waals surface area contributed by atoms with Gasteiger partial charge in [-0.05, 0) is 19.1 Å². The molecule has 0 fully saturated rings. The molecule has 0 aliphatic rings. The van der Waals surface area contributed by atoms with Crippen LogP contribution in [0.4, 0.5) is 0 Å². The summed E-state index contributed by atoms with van der Waals surface area (Å²) in [6, 6.07) is 6.15. The topological polar surface area (TPSA) is 51.6 Å². The van der Waals surface area contributed by atoms with E-state index in [-0.39, 0.29) is 5.92 Å². The number of H-pyrrole nitrogens is 1. The van der Waals surface area contributed by atoms with Crippen LogP contribution < -0.4 is 5.32 Å². The lowest BCUT2D eigenvalue weighted by molar-refractivity contribution is 0.596. The Kier molecular flexibility index (Phi) is 3.36. The van der Waals surface area contributed by atoms with E-state index in [1.165, 1.54) is 0 Å². The van der Waals surface area contributed by atoms with Crippen molar-refractivity contribution >= 4 is 0 Å². The molecule has 0 bridgehead atoms. The van der Waals surface area contributed by atoms with Crippen molar-refractivity contribution in [2.24, 2.45) is 5.92 Å². The third-order valence-electron chi connectivity index (χ3n) is 1.65. The molecule has 3 nitrogen and oxygen atoms in total. The maximum atomic E-state index is 8.49. The second-order valence-corrected chi connectivity index (χ2v) is 2.86. The van der Waals surface area contributed by atoms with Crippen molar-refractivity contribution in [2.45, 2.75) is 13.5 Å². The van der Waals surface area contributed by atoms with E-state index >= 15 is 0 Å². The van der Waals surface area contributed by atoms with Gasteiger partial charge in [-0.2, -0.15) is 5.26 Å². The molecule has 1 heterocycles. The first-order valence-electron chi connectivity index (χ1n) is 4.05. The molecule has 1 atom stereocenters. The van der Waals surface area contributed by atoms with Crippen molar-refractivity contribution in [1.29, 1.82) is 5.26 Å². The molecule has 0 aromatic carbocycles. The molecule has 1 aromatic rings. The maximum Gasteiger partial charge on any atom is 0.0666 e. The first-order valence-corrected chi connectivity index (χ1v) is 4.05. The van der Waals surface area contributed by atoms with Gasteiger partial charge in [-0.15, -0.1) is 0 Å². The third kappa shape index (κ3) is 2.77. The smallest absolute Gasteiger partial charge is 0.0666 e. The van der Waals surface area contributed by atoms with E-state index < -0.39 is 0 Å². The van der Waals surface area contributed by atoms with Gasteiger partial charge in [0.2, 0.25) is 0 Å². The van der Waals surface area contributed by atoms with Gasteiger partial charge in [0.15, 0.2) is 0 Å². The highest BCUT2D eigenvalue weighted by molar-refractivity contribution is 5.02. The molecule has 1 rings (SSSR count). The number of aromatic amines is 1. The number of hydrogen-bond donors (Lipinski definition) is 2. The van der Waals surface area contributed by atoms with Crippen LogP contribution in [0.15, 0.2) is 18.3 Å². The Morgan fingerprint density at radius 2 is 2.58 bits per heavy atom. The van der Waals surface area contributed by atoms with Crippen LogP contribution in [0, 0.1) is 17.2 Å². The Morgan fingerprint density at radius 3 is 3.17 bits per heavy atom. The van der Waals surface area contributed by atoms with Crippen molar-refractivity contribution in [3.8, 4) is 6.07 Å². The van der Waals surface area contributed by atoms with Crippen LogP contribution in [0.25, 0.3) is 0 Å². The highest BCUT2D eigenvalue weighted by Gasteiger charge is 1.97. The minimum atomic E-state index is 0.0833. The van der Waals surface area contributed by atoms with E-state index in [2.05, 4.69) is 16.4 Å². The standard InChI is InChI=1S/C9H13N3/c1-8(5-10)6-11-7-9-3-2-4-12-9/h2-4,8,11-12H,6-7H2,1H3. The zero-order valence-electron chi connectivity index (χ0n) is 7.17. The van der Waals surface area contributed by atoms with Gasteiger partial charge in [0.05, 0.1) is 12.0 Å². The van der Waals surface area contributed by atoms with E-state index in [9.17, 15) is 0 Å². The lowest BCUT2D eigenvalue weighted by Gasteiger charge is -2.03. The summed E-state index contributed by atoms with van der Waals surface area (Å²) in [5.74, 6) is 0.0833. The first kappa shape index (κ1) is 8.82. The third-order valence-corrected chi connectivity index (χ3v) is 1.65. The number of hydrogen-bond acceptors (Lipinski definition) is 2.